The molecule has 1 atom stereocenters. The van der Waals surface area contributed by atoms with Gasteiger partial charge in [-0.3, -0.25) is 4.57 Å². The van der Waals surface area contributed by atoms with Gasteiger partial charge in [-0.15, -0.1) is 0 Å². The van der Waals surface area contributed by atoms with Crippen molar-refractivity contribution in [3.05, 3.63) is 0 Å². The fourth-order valence-corrected chi connectivity index (χ4v) is 1.27. The highest BCUT2D eigenvalue weighted by Crippen LogP contribution is 2.21. The number of hydrogen-bond acceptors (Lipinski definition) is 2. The van der Waals surface area contributed by atoms with Gasteiger partial charge < -0.3 is 4.52 Å². The summed E-state index contributed by atoms with van der Waals surface area (Å²) in [6.07, 6.45) is 2.86. The molecule has 0 amide bonds. The van der Waals surface area contributed by atoms with Crippen LogP contribution in [-0.4, -0.2) is 13.3 Å². The van der Waals surface area contributed by atoms with Gasteiger partial charge >= 0.3 is 0 Å². The first-order valence-corrected chi connectivity index (χ1v) is 4.40. The smallest absolute Gasteiger partial charge is 0.191 e. The van der Waals surface area contributed by atoms with Crippen LogP contribution in [0.1, 0.15) is 19.8 Å². The van der Waals surface area contributed by atoms with Gasteiger partial charge in [0, 0.05) is 13.3 Å². The second-order valence-electron chi connectivity index (χ2n) is 1.68. The molecule has 0 aliphatic heterocycles. The third kappa shape index (κ3) is 4.35. The van der Waals surface area contributed by atoms with Crippen molar-refractivity contribution in [3.63, 3.8) is 0 Å². The summed E-state index contributed by atoms with van der Waals surface area (Å²) in [5.74, 6) is 0. The molecule has 0 rings (SSSR count). The maximum absolute atomic E-state index is 10.5. The SMILES string of the molecule is CCCC[PH](=O)OC. The predicted octanol–water partition coefficient (Wildman–Crippen LogP) is 1.91. The number of hydrogen-bond donors (Lipinski definition) is 0. The Balaban J connectivity index is 2.99. The Morgan fingerprint density at radius 1 is 1.62 bits per heavy atom. The fourth-order valence-electron chi connectivity index (χ4n) is 0.423. The van der Waals surface area contributed by atoms with E-state index in [0.717, 1.165) is 19.0 Å². The van der Waals surface area contributed by atoms with Gasteiger partial charge in [-0.1, -0.05) is 13.3 Å². The van der Waals surface area contributed by atoms with E-state index in [1.54, 1.807) is 0 Å². The summed E-state index contributed by atoms with van der Waals surface area (Å²) in [5, 5.41) is 0. The summed E-state index contributed by atoms with van der Waals surface area (Å²) in [6.45, 7) is 2.07. The van der Waals surface area contributed by atoms with Crippen LogP contribution < -0.4 is 0 Å². The molecule has 0 saturated carbocycles. The molecule has 50 valence electrons. The zero-order valence-electron chi connectivity index (χ0n) is 5.44. The van der Waals surface area contributed by atoms with Crippen LogP contribution >= 0.6 is 8.03 Å². The molecule has 0 aromatic carbocycles. The number of unbranched alkanes of at least 4 members (excludes halogenated alkanes) is 1. The van der Waals surface area contributed by atoms with E-state index in [0.29, 0.717) is 0 Å². The van der Waals surface area contributed by atoms with Crippen LogP contribution in [0.15, 0.2) is 0 Å². The Hall–Kier alpha value is 0.190. The van der Waals surface area contributed by atoms with Crippen molar-refractivity contribution in [2.24, 2.45) is 0 Å². The zero-order chi connectivity index (χ0) is 6.41. The molecule has 0 aliphatic rings. The molecular weight excluding hydrogens is 123 g/mol. The first-order chi connectivity index (χ1) is 3.81. The molecular formula is C5H13O2P. The third-order valence-electron chi connectivity index (χ3n) is 0.962. The van der Waals surface area contributed by atoms with Gasteiger partial charge in [0.1, 0.15) is 0 Å². The van der Waals surface area contributed by atoms with E-state index < -0.39 is 8.03 Å². The molecule has 0 aromatic heterocycles. The lowest BCUT2D eigenvalue weighted by Crippen LogP contribution is -1.77. The lowest BCUT2D eigenvalue weighted by Gasteiger charge is -1.94. The minimum Gasteiger partial charge on any atom is -0.334 e. The molecule has 8 heavy (non-hydrogen) atoms. The summed E-state index contributed by atoms with van der Waals surface area (Å²) < 4.78 is 15.1. The van der Waals surface area contributed by atoms with Crippen LogP contribution in [0.3, 0.4) is 0 Å². The van der Waals surface area contributed by atoms with Gasteiger partial charge in [0.2, 0.25) is 0 Å². The molecule has 2 nitrogen and oxygen atoms in total. The van der Waals surface area contributed by atoms with E-state index in [-0.39, 0.29) is 0 Å². The van der Waals surface area contributed by atoms with Crippen molar-refractivity contribution in [1.29, 1.82) is 0 Å². The first kappa shape index (κ1) is 8.19. The van der Waals surface area contributed by atoms with Crippen LogP contribution in [0.2, 0.25) is 0 Å². The molecule has 1 unspecified atom stereocenters. The maximum Gasteiger partial charge on any atom is 0.191 e. The van der Waals surface area contributed by atoms with Gasteiger partial charge in [-0.25, -0.2) is 0 Å². The highest BCUT2D eigenvalue weighted by molar-refractivity contribution is 7.39. The molecule has 0 aromatic rings. The second kappa shape index (κ2) is 5.33. The van der Waals surface area contributed by atoms with Gasteiger partial charge in [0.15, 0.2) is 8.03 Å². The van der Waals surface area contributed by atoms with Crippen molar-refractivity contribution >= 4 is 8.03 Å². The molecule has 0 N–H and O–H groups in total. The van der Waals surface area contributed by atoms with Crippen LogP contribution in [0.4, 0.5) is 0 Å². The summed E-state index contributed by atoms with van der Waals surface area (Å²) in [4.78, 5) is 0. The quantitative estimate of drug-likeness (QED) is 0.552. The van der Waals surface area contributed by atoms with Crippen LogP contribution in [0.25, 0.3) is 0 Å². The number of rotatable bonds is 4. The van der Waals surface area contributed by atoms with Crippen LogP contribution in [0, 0.1) is 0 Å². The normalized spacial score (nSPS) is 13.8. The lowest BCUT2D eigenvalue weighted by molar-refractivity contribution is 0.413. The van der Waals surface area contributed by atoms with Crippen molar-refractivity contribution in [1.82, 2.24) is 0 Å². The minimum atomic E-state index is -1.64. The largest absolute Gasteiger partial charge is 0.334 e. The van der Waals surface area contributed by atoms with E-state index in [9.17, 15) is 4.57 Å². The lowest BCUT2D eigenvalue weighted by atomic mass is 10.4. The standard InChI is InChI=1S/C5H13O2P/c1-3-4-5-8(6)7-2/h8H,3-5H2,1-2H3. The van der Waals surface area contributed by atoms with Crippen LogP contribution in [-0.2, 0) is 9.09 Å². The van der Waals surface area contributed by atoms with E-state index in [1.807, 2.05) is 0 Å². The highest BCUT2D eigenvalue weighted by atomic mass is 31.1. The molecule has 0 bridgehead atoms. The summed E-state index contributed by atoms with van der Waals surface area (Å²) in [6, 6.07) is 0. The summed E-state index contributed by atoms with van der Waals surface area (Å²) in [5.41, 5.74) is 0. The average Bonchev–Trinajstić information content (AvgIpc) is 1.83. The topological polar surface area (TPSA) is 26.3 Å². The van der Waals surface area contributed by atoms with Crippen molar-refractivity contribution in [2.45, 2.75) is 19.8 Å². The Labute approximate surface area is 51.1 Å². The first-order valence-electron chi connectivity index (χ1n) is 2.88. The van der Waals surface area contributed by atoms with Crippen molar-refractivity contribution in [2.75, 3.05) is 13.3 Å². The average molecular weight is 136 g/mol. The van der Waals surface area contributed by atoms with E-state index in [1.165, 1.54) is 7.11 Å². The van der Waals surface area contributed by atoms with Gasteiger partial charge in [0.05, 0.1) is 0 Å². The van der Waals surface area contributed by atoms with E-state index >= 15 is 0 Å². The molecule has 0 saturated heterocycles. The maximum atomic E-state index is 10.5. The van der Waals surface area contributed by atoms with E-state index in [2.05, 4.69) is 11.4 Å². The van der Waals surface area contributed by atoms with Crippen LogP contribution in [0.5, 0.6) is 0 Å². The monoisotopic (exact) mass is 136 g/mol. The van der Waals surface area contributed by atoms with Crippen molar-refractivity contribution < 1.29 is 9.09 Å². The Morgan fingerprint density at radius 2 is 2.25 bits per heavy atom. The molecule has 0 fully saturated rings. The fraction of sp³-hybridized carbons (Fsp3) is 1.00. The second-order valence-corrected chi connectivity index (χ2v) is 3.33. The Morgan fingerprint density at radius 3 is 2.62 bits per heavy atom. The Bertz CT molecular complexity index is 72.8. The van der Waals surface area contributed by atoms with Gasteiger partial charge in [-0.2, -0.15) is 0 Å². The molecule has 0 spiro atoms. The molecule has 3 heteroatoms. The third-order valence-corrected chi connectivity index (χ3v) is 2.18. The molecule has 0 aliphatic carbocycles. The van der Waals surface area contributed by atoms with Crippen molar-refractivity contribution in [3.8, 4) is 0 Å². The minimum absolute atomic E-state index is 0.748. The van der Waals surface area contributed by atoms with Gasteiger partial charge in [0.25, 0.3) is 0 Å². The summed E-state index contributed by atoms with van der Waals surface area (Å²) in [7, 11) is -0.145. The molecule has 0 heterocycles. The Kier molecular flexibility index (Phi) is 5.46. The summed E-state index contributed by atoms with van der Waals surface area (Å²) >= 11 is 0. The van der Waals surface area contributed by atoms with E-state index in [4.69, 9.17) is 0 Å². The molecule has 0 radical (unpaired) electrons. The highest BCUT2D eigenvalue weighted by Gasteiger charge is 1.91. The predicted molar refractivity (Wildman–Crippen MR) is 35.8 cm³/mol. The van der Waals surface area contributed by atoms with Gasteiger partial charge in [-0.05, 0) is 6.42 Å². The zero-order valence-corrected chi connectivity index (χ0v) is 6.44.